The second-order valence-electron chi connectivity index (χ2n) is 7.70. The number of ether oxygens (including phenoxy) is 2. The number of methoxy groups -OCH3 is 1. The monoisotopic (exact) mass is 436 g/mol. The zero-order valence-electron chi connectivity index (χ0n) is 18.6. The second kappa shape index (κ2) is 10.2. The van der Waals surface area contributed by atoms with E-state index >= 15 is 0 Å². The minimum atomic E-state index is -0.721. The van der Waals surface area contributed by atoms with Gasteiger partial charge in [-0.3, -0.25) is 9.59 Å². The Labute approximate surface area is 188 Å². The molecule has 1 amide bonds. The largest absolute Gasteiger partial charge is 0.507 e. The summed E-state index contributed by atoms with van der Waals surface area (Å²) in [5, 5.41) is 11.1. The van der Waals surface area contributed by atoms with Crippen LogP contribution in [0, 0.1) is 0 Å². The number of hydrogen-bond acceptors (Lipinski definition) is 6. The van der Waals surface area contributed by atoms with Crippen molar-refractivity contribution in [3.05, 3.63) is 77.9 Å². The number of benzene rings is 2. The van der Waals surface area contributed by atoms with Crippen molar-refractivity contribution in [3.8, 4) is 11.5 Å². The first-order valence-corrected chi connectivity index (χ1v) is 10.3. The number of carbonyl (C=O) groups is 2. The third-order valence-corrected chi connectivity index (χ3v) is 5.23. The molecule has 1 saturated heterocycles. The number of Topliss-reactive ketones (excluding diaryl/α,β-unsaturated/α-hetero) is 1. The topological polar surface area (TPSA) is 79.3 Å². The zero-order valence-corrected chi connectivity index (χ0v) is 18.6. The molecule has 32 heavy (non-hydrogen) atoms. The number of aliphatic hydroxyl groups is 1. The molecule has 1 aliphatic heterocycles. The Morgan fingerprint density at radius 2 is 1.88 bits per heavy atom. The minimum absolute atomic E-state index is 0.0572. The molecule has 1 N–H and O–H groups in total. The molecule has 1 fully saturated rings. The van der Waals surface area contributed by atoms with Gasteiger partial charge in [-0.25, -0.2) is 0 Å². The Bertz CT molecular complexity index is 1030. The fourth-order valence-electron chi connectivity index (χ4n) is 3.60. The molecule has 2 aromatic rings. The van der Waals surface area contributed by atoms with E-state index in [1.807, 2.05) is 25.1 Å². The van der Waals surface area contributed by atoms with E-state index in [2.05, 4.69) is 6.58 Å². The third-order valence-electron chi connectivity index (χ3n) is 5.23. The molecule has 1 heterocycles. The molecule has 2 aromatic carbocycles. The Balaban J connectivity index is 2.08. The first-order valence-electron chi connectivity index (χ1n) is 10.3. The Morgan fingerprint density at radius 1 is 1.16 bits per heavy atom. The highest BCUT2D eigenvalue weighted by Crippen LogP contribution is 2.40. The van der Waals surface area contributed by atoms with E-state index in [1.165, 1.54) is 4.90 Å². The Hall–Kier alpha value is -3.58. The van der Waals surface area contributed by atoms with Crippen LogP contribution in [0.3, 0.4) is 0 Å². The summed E-state index contributed by atoms with van der Waals surface area (Å²) in [6.07, 6.45) is 1.64. The summed E-state index contributed by atoms with van der Waals surface area (Å²) in [6, 6.07) is 13.2. The number of rotatable bonds is 9. The van der Waals surface area contributed by atoms with Gasteiger partial charge in [-0.05, 0) is 56.1 Å². The van der Waals surface area contributed by atoms with E-state index in [1.54, 1.807) is 55.7 Å². The highest BCUT2D eigenvalue weighted by Gasteiger charge is 2.46. The molecule has 0 radical (unpaired) electrons. The van der Waals surface area contributed by atoms with Gasteiger partial charge in [0.05, 0.1) is 18.7 Å². The molecular formula is C25H28N2O5. The Morgan fingerprint density at radius 3 is 2.50 bits per heavy atom. The summed E-state index contributed by atoms with van der Waals surface area (Å²) >= 11 is 0. The average Bonchev–Trinajstić information content (AvgIpc) is 3.06. The van der Waals surface area contributed by atoms with Crippen LogP contribution < -0.4 is 9.47 Å². The lowest BCUT2D eigenvalue weighted by Crippen LogP contribution is -2.35. The highest BCUT2D eigenvalue weighted by atomic mass is 16.5. The highest BCUT2D eigenvalue weighted by molar-refractivity contribution is 6.46. The molecule has 168 valence electrons. The van der Waals surface area contributed by atoms with E-state index < -0.39 is 17.7 Å². The Kier molecular flexibility index (Phi) is 7.33. The standard InChI is InChI=1S/C25H28N2O5/c1-5-15-32-19-11-9-17(10-12-19)23(28)21-22(18-7-6-8-20(16-18)31-4)27(14-13-26(2)3)25(30)24(21)29/h5-12,16,22,28H,1,13-15H2,2-4H3/b23-21+. The summed E-state index contributed by atoms with van der Waals surface area (Å²) in [7, 11) is 5.35. The third kappa shape index (κ3) is 4.84. The minimum Gasteiger partial charge on any atom is -0.507 e. The van der Waals surface area contributed by atoms with Gasteiger partial charge in [-0.15, -0.1) is 0 Å². The molecule has 0 aromatic heterocycles. The number of ketones is 1. The van der Waals surface area contributed by atoms with Gasteiger partial charge in [0.15, 0.2) is 0 Å². The molecule has 0 bridgehead atoms. The SMILES string of the molecule is C=CCOc1ccc(/C(O)=C2\C(=O)C(=O)N(CCN(C)C)C2c2cccc(OC)c2)cc1. The van der Waals surface area contributed by atoms with Crippen molar-refractivity contribution in [3.63, 3.8) is 0 Å². The fraction of sp³-hybridized carbons (Fsp3) is 0.280. The van der Waals surface area contributed by atoms with E-state index in [0.29, 0.717) is 42.3 Å². The van der Waals surface area contributed by atoms with Gasteiger partial charge in [0.25, 0.3) is 11.7 Å². The van der Waals surface area contributed by atoms with Crippen molar-refractivity contribution >= 4 is 17.4 Å². The summed E-state index contributed by atoms with van der Waals surface area (Å²) < 4.78 is 10.8. The lowest BCUT2D eigenvalue weighted by Gasteiger charge is -2.26. The van der Waals surface area contributed by atoms with Gasteiger partial charge in [0.2, 0.25) is 0 Å². The first-order chi connectivity index (χ1) is 15.4. The van der Waals surface area contributed by atoms with Crippen LogP contribution >= 0.6 is 0 Å². The van der Waals surface area contributed by atoms with Crippen molar-refractivity contribution in [2.45, 2.75) is 6.04 Å². The van der Waals surface area contributed by atoms with Gasteiger partial charge in [0, 0.05) is 18.7 Å². The average molecular weight is 437 g/mol. The van der Waals surface area contributed by atoms with Crippen molar-refractivity contribution in [2.75, 3.05) is 40.9 Å². The fourth-order valence-corrected chi connectivity index (χ4v) is 3.60. The summed E-state index contributed by atoms with van der Waals surface area (Å²) in [5.74, 6) is -0.353. The molecule has 0 saturated carbocycles. The van der Waals surface area contributed by atoms with Crippen LogP contribution in [0.5, 0.6) is 11.5 Å². The molecule has 0 aliphatic carbocycles. The number of amides is 1. The lowest BCUT2D eigenvalue weighted by molar-refractivity contribution is -0.140. The van der Waals surface area contributed by atoms with Crippen molar-refractivity contribution < 1.29 is 24.2 Å². The van der Waals surface area contributed by atoms with Crippen LogP contribution in [0.2, 0.25) is 0 Å². The van der Waals surface area contributed by atoms with Gasteiger partial charge >= 0.3 is 0 Å². The number of nitrogens with zero attached hydrogens (tertiary/aromatic N) is 2. The van der Waals surface area contributed by atoms with E-state index in [0.717, 1.165) is 0 Å². The smallest absolute Gasteiger partial charge is 0.295 e. The van der Waals surface area contributed by atoms with Gasteiger partial charge in [0.1, 0.15) is 23.9 Å². The maximum atomic E-state index is 13.0. The summed E-state index contributed by atoms with van der Waals surface area (Å²) in [5.41, 5.74) is 1.17. The molecule has 1 unspecified atom stereocenters. The van der Waals surface area contributed by atoms with Crippen LogP contribution in [0.25, 0.3) is 5.76 Å². The van der Waals surface area contributed by atoms with Crippen molar-refractivity contribution in [2.24, 2.45) is 0 Å². The normalized spacial score (nSPS) is 17.6. The second-order valence-corrected chi connectivity index (χ2v) is 7.70. The molecular weight excluding hydrogens is 408 g/mol. The lowest BCUT2D eigenvalue weighted by atomic mass is 9.95. The summed E-state index contributed by atoms with van der Waals surface area (Å²) in [6.45, 7) is 4.88. The number of likely N-dealkylation sites (tertiary alicyclic amines) is 1. The van der Waals surface area contributed by atoms with Crippen LogP contribution in [0.15, 0.2) is 66.8 Å². The molecule has 3 rings (SSSR count). The quantitative estimate of drug-likeness (QED) is 0.281. The van der Waals surface area contributed by atoms with Gasteiger partial charge < -0.3 is 24.4 Å². The molecule has 7 nitrogen and oxygen atoms in total. The van der Waals surface area contributed by atoms with Crippen LogP contribution in [-0.2, 0) is 9.59 Å². The number of likely N-dealkylation sites (N-methyl/N-ethyl adjacent to an activating group) is 1. The maximum Gasteiger partial charge on any atom is 0.295 e. The number of aliphatic hydroxyl groups excluding tert-OH is 1. The van der Waals surface area contributed by atoms with Crippen molar-refractivity contribution in [1.82, 2.24) is 9.80 Å². The maximum absolute atomic E-state index is 13.0. The predicted octanol–water partition coefficient (Wildman–Crippen LogP) is 3.24. The van der Waals surface area contributed by atoms with E-state index in [4.69, 9.17) is 9.47 Å². The number of carbonyl (C=O) groups excluding carboxylic acids is 2. The van der Waals surface area contributed by atoms with Gasteiger partial charge in [-0.1, -0.05) is 24.8 Å². The molecule has 1 aliphatic rings. The molecule has 7 heteroatoms. The van der Waals surface area contributed by atoms with Crippen molar-refractivity contribution in [1.29, 1.82) is 0 Å². The molecule has 0 spiro atoms. The van der Waals surface area contributed by atoms with E-state index in [9.17, 15) is 14.7 Å². The predicted molar refractivity (Wildman–Crippen MR) is 123 cm³/mol. The van der Waals surface area contributed by atoms with E-state index in [-0.39, 0.29) is 11.3 Å². The van der Waals surface area contributed by atoms with Crippen LogP contribution in [0.4, 0.5) is 0 Å². The molecule has 1 atom stereocenters. The number of hydrogen-bond donors (Lipinski definition) is 1. The zero-order chi connectivity index (χ0) is 23.3. The van der Waals surface area contributed by atoms with Crippen LogP contribution in [-0.4, -0.2) is 67.5 Å². The van der Waals surface area contributed by atoms with Crippen LogP contribution in [0.1, 0.15) is 17.2 Å². The summed E-state index contributed by atoms with van der Waals surface area (Å²) in [4.78, 5) is 29.4. The first kappa shape index (κ1) is 23.1. The van der Waals surface area contributed by atoms with Gasteiger partial charge in [-0.2, -0.15) is 0 Å².